The molecule has 1 N–H and O–H groups in total. The highest BCUT2D eigenvalue weighted by molar-refractivity contribution is 6.07. The summed E-state index contributed by atoms with van der Waals surface area (Å²) in [6.45, 7) is 2.01. The number of hydrogen-bond acceptors (Lipinski definition) is 4. The molecule has 0 unspecified atom stereocenters. The van der Waals surface area contributed by atoms with Crippen molar-refractivity contribution in [1.82, 2.24) is 15.3 Å². The summed E-state index contributed by atoms with van der Waals surface area (Å²) in [5.74, 6) is 0.830. The Morgan fingerprint density at radius 2 is 1.93 bits per heavy atom. The Labute approximate surface area is 163 Å². The number of pyridine rings is 2. The minimum atomic E-state index is -0.0964. The number of furan rings is 1. The fourth-order valence-electron chi connectivity index (χ4n) is 3.22. The average Bonchev–Trinajstić information content (AvgIpc) is 3.26. The van der Waals surface area contributed by atoms with Crippen molar-refractivity contribution in [2.75, 3.05) is 0 Å². The Morgan fingerprint density at radius 3 is 2.71 bits per heavy atom. The number of para-hydroxylation sites is 1. The topological polar surface area (TPSA) is 68.0 Å². The van der Waals surface area contributed by atoms with Gasteiger partial charge in [0.1, 0.15) is 5.76 Å². The van der Waals surface area contributed by atoms with E-state index in [0.717, 1.165) is 40.8 Å². The molecular formula is C23H21N3O2. The van der Waals surface area contributed by atoms with Gasteiger partial charge in [0.05, 0.1) is 23.0 Å². The van der Waals surface area contributed by atoms with Crippen molar-refractivity contribution in [3.8, 4) is 11.3 Å². The lowest BCUT2D eigenvalue weighted by Gasteiger charge is -2.15. The maximum atomic E-state index is 13.0. The number of carbonyl (C=O) groups is 1. The molecule has 0 aliphatic carbocycles. The molecule has 5 nitrogen and oxygen atoms in total. The molecule has 140 valence electrons. The van der Waals surface area contributed by atoms with Crippen molar-refractivity contribution in [2.24, 2.45) is 0 Å². The van der Waals surface area contributed by atoms with E-state index in [1.165, 1.54) is 0 Å². The number of rotatable bonds is 6. The summed E-state index contributed by atoms with van der Waals surface area (Å²) in [4.78, 5) is 21.8. The highest BCUT2D eigenvalue weighted by Gasteiger charge is 2.16. The molecule has 28 heavy (non-hydrogen) atoms. The van der Waals surface area contributed by atoms with Gasteiger partial charge in [-0.25, -0.2) is 4.98 Å². The van der Waals surface area contributed by atoms with Crippen LogP contribution in [0.1, 0.15) is 29.5 Å². The van der Waals surface area contributed by atoms with E-state index in [4.69, 9.17) is 9.40 Å². The lowest BCUT2D eigenvalue weighted by molar-refractivity contribution is 0.0939. The van der Waals surface area contributed by atoms with Crippen LogP contribution in [0.5, 0.6) is 0 Å². The van der Waals surface area contributed by atoms with Crippen LogP contribution in [0.3, 0.4) is 0 Å². The second-order valence-corrected chi connectivity index (χ2v) is 6.80. The van der Waals surface area contributed by atoms with Crippen LogP contribution in [-0.2, 0) is 6.42 Å². The Kier molecular flexibility index (Phi) is 5.15. The second-order valence-electron chi connectivity index (χ2n) is 6.80. The first-order valence-corrected chi connectivity index (χ1v) is 9.34. The average molecular weight is 371 g/mol. The van der Waals surface area contributed by atoms with Crippen molar-refractivity contribution in [2.45, 2.75) is 25.8 Å². The number of benzene rings is 1. The van der Waals surface area contributed by atoms with E-state index in [2.05, 4.69) is 10.3 Å². The number of aromatic nitrogens is 2. The smallest absolute Gasteiger partial charge is 0.252 e. The molecule has 0 radical (unpaired) electrons. The first-order chi connectivity index (χ1) is 13.7. The van der Waals surface area contributed by atoms with E-state index in [1.807, 2.05) is 61.5 Å². The molecule has 0 aliphatic rings. The van der Waals surface area contributed by atoms with Gasteiger partial charge in [0.2, 0.25) is 0 Å². The van der Waals surface area contributed by atoms with Crippen molar-refractivity contribution < 1.29 is 9.21 Å². The maximum Gasteiger partial charge on any atom is 0.252 e. The second kappa shape index (κ2) is 8.05. The van der Waals surface area contributed by atoms with Crippen LogP contribution < -0.4 is 5.32 Å². The van der Waals surface area contributed by atoms with Gasteiger partial charge in [-0.3, -0.25) is 9.78 Å². The number of fused-ring (bicyclic) bond motifs is 1. The molecule has 0 bridgehead atoms. The van der Waals surface area contributed by atoms with E-state index >= 15 is 0 Å². The van der Waals surface area contributed by atoms with Gasteiger partial charge in [-0.15, -0.1) is 0 Å². The van der Waals surface area contributed by atoms with Crippen LogP contribution in [0.4, 0.5) is 0 Å². The molecule has 1 amide bonds. The Bertz CT molecular complexity index is 1080. The lowest BCUT2D eigenvalue weighted by atomic mass is 10.0. The van der Waals surface area contributed by atoms with Crippen LogP contribution >= 0.6 is 0 Å². The third-order valence-electron chi connectivity index (χ3n) is 4.72. The zero-order valence-electron chi connectivity index (χ0n) is 15.6. The third kappa shape index (κ3) is 3.93. The van der Waals surface area contributed by atoms with Gasteiger partial charge in [-0.1, -0.05) is 18.2 Å². The number of carbonyl (C=O) groups excluding carboxylic acids is 1. The fraction of sp³-hybridized carbons (Fsp3) is 0.174. The summed E-state index contributed by atoms with van der Waals surface area (Å²) in [5, 5.41) is 3.95. The van der Waals surface area contributed by atoms with Gasteiger partial charge >= 0.3 is 0 Å². The molecule has 3 aromatic heterocycles. The SMILES string of the molecule is C[C@H](CCc1ccco1)NC(=O)c1cc(-c2ccncc2)nc2ccccc12. The van der Waals surface area contributed by atoms with Gasteiger partial charge < -0.3 is 9.73 Å². The first kappa shape index (κ1) is 17.9. The van der Waals surface area contributed by atoms with Gasteiger partial charge in [0, 0.05) is 35.8 Å². The molecule has 0 spiro atoms. The summed E-state index contributed by atoms with van der Waals surface area (Å²) in [6.07, 6.45) is 6.71. The van der Waals surface area contributed by atoms with Crippen LogP contribution in [0, 0.1) is 0 Å². The molecule has 4 aromatic rings. The number of hydrogen-bond donors (Lipinski definition) is 1. The van der Waals surface area contributed by atoms with E-state index in [-0.39, 0.29) is 11.9 Å². The maximum absolute atomic E-state index is 13.0. The Balaban J connectivity index is 1.60. The van der Waals surface area contributed by atoms with E-state index in [0.29, 0.717) is 5.56 Å². The third-order valence-corrected chi connectivity index (χ3v) is 4.72. The number of nitrogens with zero attached hydrogens (tertiary/aromatic N) is 2. The predicted octanol–water partition coefficient (Wildman–Crippen LogP) is 4.64. The van der Waals surface area contributed by atoms with E-state index in [1.54, 1.807) is 18.7 Å². The fourth-order valence-corrected chi connectivity index (χ4v) is 3.22. The van der Waals surface area contributed by atoms with Crippen LogP contribution in [0.2, 0.25) is 0 Å². The molecule has 1 aromatic carbocycles. The Hall–Kier alpha value is -3.47. The van der Waals surface area contributed by atoms with Crippen LogP contribution in [0.15, 0.2) is 77.7 Å². The summed E-state index contributed by atoms with van der Waals surface area (Å²) < 4.78 is 5.37. The zero-order valence-corrected chi connectivity index (χ0v) is 15.6. The van der Waals surface area contributed by atoms with Gasteiger partial charge in [-0.05, 0) is 49.7 Å². The summed E-state index contributed by atoms with van der Waals surface area (Å²) in [7, 11) is 0. The monoisotopic (exact) mass is 371 g/mol. The minimum Gasteiger partial charge on any atom is -0.469 e. The van der Waals surface area contributed by atoms with Gasteiger partial charge in [-0.2, -0.15) is 0 Å². The normalized spacial score (nSPS) is 12.0. The summed E-state index contributed by atoms with van der Waals surface area (Å²) in [5.41, 5.74) is 3.11. The molecule has 3 heterocycles. The van der Waals surface area contributed by atoms with Crippen molar-refractivity contribution in [3.63, 3.8) is 0 Å². The van der Waals surface area contributed by atoms with E-state index < -0.39 is 0 Å². The lowest BCUT2D eigenvalue weighted by Crippen LogP contribution is -2.33. The van der Waals surface area contributed by atoms with Gasteiger partial charge in [0.15, 0.2) is 0 Å². The molecular weight excluding hydrogens is 350 g/mol. The molecule has 0 fully saturated rings. The molecule has 4 rings (SSSR count). The first-order valence-electron chi connectivity index (χ1n) is 9.34. The van der Waals surface area contributed by atoms with E-state index in [9.17, 15) is 4.79 Å². The van der Waals surface area contributed by atoms with Crippen molar-refractivity contribution in [1.29, 1.82) is 0 Å². The minimum absolute atomic E-state index is 0.0221. The molecule has 0 aliphatic heterocycles. The highest BCUT2D eigenvalue weighted by atomic mass is 16.3. The molecule has 0 saturated heterocycles. The number of nitrogens with one attached hydrogen (secondary N) is 1. The van der Waals surface area contributed by atoms with Crippen LogP contribution in [-0.4, -0.2) is 21.9 Å². The highest BCUT2D eigenvalue weighted by Crippen LogP contribution is 2.24. The van der Waals surface area contributed by atoms with Crippen molar-refractivity contribution in [3.05, 3.63) is 84.6 Å². The summed E-state index contributed by atoms with van der Waals surface area (Å²) >= 11 is 0. The predicted molar refractivity (Wildman–Crippen MR) is 109 cm³/mol. The quantitative estimate of drug-likeness (QED) is 0.536. The standard InChI is InChI=1S/C23H21N3O2/c1-16(8-9-18-5-4-14-28-18)25-23(27)20-15-22(17-10-12-24-13-11-17)26-21-7-3-2-6-19(20)21/h2-7,10-16H,8-9H2,1H3,(H,25,27)/t16-/m1/s1. The Morgan fingerprint density at radius 1 is 1.11 bits per heavy atom. The van der Waals surface area contributed by atoms with Crippen LogP contribution in [0.25, 0.3) is 22.2 Å². The van der Waals surface area contributed by atoms with Crippen molar-refractivity contribution >= 4 is 16.8 Å². The summed E-state index contributed by atoms with van der Waals surface area (Å²) in [6, 6.07) is 17.2. The number of aryl methyl sites for hydroxylation is 1. The molecule has 5 heteroatoms. The largest absolute Gasteiger partial charge is 0.469 e. The molecule has 1 atom stereocenters. The zero-order chi connectivity index (χ0) is 19.3. The van der Waals surface area contributed by atoms with Gasteiger partial charge in [0.25, 0.3) is 5.91 Å². The number of amides is 1. The molecule has 0 saturated carbocycles.